The minimum atomic E-state index is -0.201. The van der Waals surface area contributed by atoms with Crippen LogP contribution in [0.5, 0.6) is 0 Å². The molecule has 2 rings (SSSR count). The summed E-state index contributed by atoms with van der Waals surface area (Å²) in [6, 6.07) is 11.9. The molecule has 0 heterocycles. The highest BCUT2D eigenvalue weighted by Gasteiger charge is 2.06. The highest BCUT2D eigenvalue weighted by molar-refractivity contribution is 9.10. The average Bonchev–Trinajstić information content (AvgIpc) is 2.34. The van der Waals surface area contributed by atoms with E-state index in [0.29, 0.717) is 22.0 Å². The molecule has 0 saturated carbocycles. The molecule has 2 aromatic rings. The Balaban J connectivity index is 2.16. The monoisotopic (exact) mass is 324 g/mol. The molecule has 0 fully saturated rings. The molecular weight excluding hydrogens is 316 g/mol. The topological polar surface area (TPSA) is 55.1 Å². The number of nitrogens with one attached hydrogen (secondary N) is 1. The summed E-state index contributed by atoms with van der Waals surface area (Å²) in [5, 5.41) is 3.36. The smallest absolute Gasteiger partial charge is 0.255 e. The first-order valence-electron chi connectivity index (χ1n) is 5.18. The van der Waals surface area contributed by atoms with Crippen LogP contribution in [0.25, 0.3) is 0 Å². The van der Waals surface area contributed by atoms with Crippen LogP contribution in [0.1, 0.15) is 10.4 Å². The first-order valence-corrected chi connectivity index (χ1v) is 6.35. The molecule has 5 heteroatoms. The maximum Gasteiger partial charge on any atom is 0.255 e. The number of carbonyl (C=O) groups excluding carboxylic acids is 1. The number of rotatable bonds is 2. The highest BCUT2D eigenvalue weighted by Crippen LogP contribution is 2.23. The third kappa shape index (κ3) is 3.03. The number of halogens is 2. The number of amides is 1. The lowest BCUT2D eigenvalue weighted by Crippen LogP contribution is -2.11. The fourth-order valence-electron chi connectivity index (χ4n) is 1.43. The van der Waals surface area contributed by atoms with Gasteiger partial charge in [0.25, 0.3) is 5.91 Å². The van der Waals surface area contributed by atoms with Gasteiger partial charge in [0.1, 0.15) is 0 Å². The van der Waals surface area contributed by atoms with Crippen LogP contribution in [-0.4, -0.2) is 5.91 Å². The van der Waals surface area contributed by atoms with Crippen LogP contribution in [0.3, 0.4) is 0 Å². The molecule has 0 saturated heterocycles. The van der Waals surface area contributed by atoms with Gasteiger partial charge in [0.15, 0.2) is 0 Å². The minimum absolute atomic E-state index is 0.201. The molecule has 0 aromatic heterocycles. The fraction of sp³-hybridized carbons (Fsp3) is 0. The van der Waals surface area contributed by atoms with Gasteiger partial charge in [-0.2, -0.15) is 0 Å². The van der Waals surface area contributed by atoms with Gasteiger partial charge < -0.3 is 11.1 Å². The van der Waals surface area contributed by atoms with Crippen molar-refractivity contribution in [3.63, 3.8) is 0 Å². The van der Waals surface area contributed by atoms with Crippen molar-refractivity contribution in [3.05, 3.63) is 57.5 Å². The van der Waals surface area contributed by atoms with Gasteiger partial charge in [0.2, 0.25) is 0 Å². The van der Waals surface area contributed by atoms with E-state index in [2.05, 4.69) is 21.2 Å². The molecule has 18 heavy (non-hydrogen) atoms. The maximum atomic E-state index is 11.9. The molecule has 3 nitrogen and oxygen atoms in total. The molecule has 0 aliphatic rings. The summed E-state index contributed by atoms with van der Waals surface area (Å²) in [7, 11) is 0. The van der Waals surface area contributed by atoms with Crippen LogP contribution < -0.4 is 11.1 Å². The van der Waals surface area contributed by atoms with Crippen molar-refractivity contribution in [2.75, 3.05) is 11.1 Å². The standard InChI is InChI=1S/C13H10BrClN2O/c14-11-6-5-10(7-12(11)16)17-13(18)8-1-3-9(15)4-2-8/h1-7H,16H2,(H,17,18). The maximum absolute atomic E-state index is 11.9. The van der Waals surface area contributed by atoms with E-state index in [0.717, 1.165) is 4.47 Å². The zero-order valence-corrected chi connectivity index (χ0v) is 11.6. The van der Waals surface area contributed by atoms with Crippen LogP contribution in [0.2, 0.25) is 5.02 Å². The highest BCUT2D eigenvalue weighted by atomic mass is 79.9. The molecule has 0 bridgehead atoms. The number of nitrogens with two attached hydrogens (primary N) is 1. The molecule has 0 aliphatic heterocycles. The van der Waals surface area contributed by atoms with Crippen molar-refractivity contribution in [2.24, 2.45) is 0 Å². The molecule has 3 N–H and O–H groups in total. The molecule has 0 radical (unpaired) electrons. The van der Waals surface area contributed by atoms with E-state index in [-0.39, 0.29) is 5.91 Å². The second-order valence-electron chi connectivity index (χ2n) is 3.70. The summed E-state index contributed by atoms with van der Waals surface area (Å²) >= 11 is 9.06. The van der Waals surface area contributed by atoms with E-state index < -0.39 is 0 Å². The van der Waals surface area contributed by atoms with E-state index in [9.17, 15) is 4.79 Å². The Bertz CT molecular complexity index is 584. The molecule has 92 valence electrons. The van der Waals surface area contributed by atoms with Crippen molar-refractivity contribution in [3.8, 4) is 0 Å². The minimum Gasteiger partial charge on any atom is -0.398 e. The van der Waals surface area contributed by atoms with Crippen LogP contribution >= 0.6 is 27.5 Å². The summed E-state index contributed by atoms with van der Waals surface area (Å²) in [4.78, 5) is 11.9. The zero-order valence-electron chi connectivity index (χ0n) is 9.28. The van der Waals surface area contributed by atoms with Crippen molar-refractivity contribution >= 4 is 44.8 Å². The number of hydrogen-bond donors (Lipinski definition) is 2. The van der Waals surface area contributed by atoms with Gasteiger partial charge in [0.05, 0.1) is 0 Å². The molecule has 1 amide bonds. The van der Waals surface area contributed by atoms with Gasteiger partial charge in [-0.25, -0.2) is 0 Å². The average molecular weight is 326 g/mol. The SMILES string of the molecule is Nc1cc(NC(=O)c2ccc(Cl)cc2)ccc1Br. The van der Waals surface area contributed by atoms with Crippen molar-refractivity contribution in [2.45, 2.75) is 0 Å². The predicted molar refractivity (Wildman–Crippen MR) is 78.0 cm³/mol. The number of hydrogen-bond acceptors (Lipinski definition) is 2. The van der Waals surface area contributed by atoms with E-state index in [4.69, 9.17) is 17.3 Å². The first-order chi connectivity index (χ1) is 8.56. The van der Waals surface area contributed by atoms with Crippen LogP contribution in [0.15, 0.2) is 46.9 Å². The van der Waals surface area contributed by atoms with Gasteiger partial charge in [-0.3, -0.25) is 4.79 Å². The summed E-state index contributed by atoms with van der Waals surface area (Å²) in [5.41, 5.74) is 7.50. The van der Waals surface area contributed by atoms with Crippen molar-refractivity contribution < 1.29 is 4.79 Å². The number of carbonyl (C=O) groups is 1. The van der Waals surface area contributed by atoms with Gasteiger partial charge in [-0.15, -0.1) is 0 Å². The quantitative estimate of drug-likeness (QED) is 0.822. The van der Waals surface area contributed by atoms with Crippen LogP contribution in [-0.2, 0) is 0 Å². The second kappa shape index (κ2) is 5.42. The summed E-state index contributed by atoms with van der Waals surface area (Å²) in [6.07, 6.45) is 0. The van der Waals surface area contributed by atoms with Crippen LogP contribution in [0, 0.1) is 0 Å². The Morgan fingerprint density at radius 1 is 1.17 bits per heavy atom. The molecular formula is C13H10BrClN2O. The lowest BCUT2D eigenvalue weighted by molar-refractivity contribution is 0.102. The van der Waals surface area contributed by atoms with Gasteiger partial charge in [-0.1, -0.05) is 11.6 Å². The number of anilines is 2. The molecule has 0 unspecified atom stereocenters. The molecule has 0 atom stereocenters. The van der Waals surface area contributed by atoms with Crippen molar-refractivity contribution in [1.82, 2.24) is 0 Å². The second-order valence-corrected chi connectivity index (χ2v) is 4.99. The molecule has 0 aliphatic carbocycles. The largest absolute Gasteiger partial charge is 0.398 e. The number of benzene rings is 2. The predicted octanol–water partition coefficient (Wildman–Crippen LogP) is 3.94. The third-order valence-corrected chi connectivity index (χ3v) is 3.33. The van der Waals surface area contributed by atoms with Gasteiger partial charge in [-0.05, 0) is 58.4 Å². The van der Waals surface area contributed by atoms with Crippen molar-refractivity contribution in [1.29, 1.82) is 0 Å². The Morgan fingerprint density at radius 2 is 1.83 bits per heavy atom. The van der Waals surface area contributed by atoms with Gasteiger partial charge in [0, 0.05) is 26.4 Å². The fourth-order valence-corrected chi connectivity index (χ4v) is 1.80. The van der Waals surface area contributed by atoms with Crippen LogP contribution in [0.4, 0.5) is 11.4 Å². The Kier molecular flexibility index (Phi) is 3.89. The molecule has 2 aromatic carbocycles. The lowest BCUT2D eigenvalue weighted by Gasteiger charge is -2.07. The molecule has 0 spiro atoms. The summed E-state index contributed by atoms with van der Waals surface area (Å²) < 4.78 is 0.798. The Morgan fingerprint density at radius 3 is 2.44 bits per heavy atom. The van der Waals surface area contributed by atoms with E-state index in [1.807, 2.05) is 0 Å². The lowest BCUT2D eigenvalue weighted by atomic mass is 10.2. The zero-order chi connectivity index (χ0) is 13.1. The van der Waals surface area contributed by atoms with E-state index in [1.165, 1.54) is 0 Å². The Hall–Kier alpha value is -1.52. The third-order valence-electron chi connectivity index (χ3n) is 2.36. The normalized spacial score (nSPS) is 10.1. The number of nitrogen functional groups attached to an aromatic ring is 1. The van der Waals surface area contributed by atoms with Gasteiger partial charge >= 0.3 is 0 Å². The summed E-state index contributed by atoms with van der Waals surface area (Å²) in [5.74, 6) is -0.201. The van der Waals surface area contributed by atoms with E-state index in [1.54, 1.807) is 42.5 Å². The summed E-state index contributed by atoms with van der Waals surface area (Å²) in [6.45, 7) is 0. The van der Waals surface area contributed by atoms with E-state index >= 15 is 0 Å². The first kappa shape index (κ1) is 12.9. The Labute approximate surface area is 118 Å².